The molecule has 0 aliphatic carbocycles. The highest BCUT2D eigenvalue weighted by Gasteiger charge is 2.10. The third-order valence-electron chi connectivity index (χ3n) is 5.28. The number of amides is 2. The van der Waals surface area contributed by atoms with E-state index in [0.717, 1.165) is 21.6 Å². The van der Waals surface area contributed by atoms with Gasteiger partial charge >= 0.3 is 0 Å². The van der Waals surface area contributed by atoms with Crippen molar-refractivity contribution in [1.29, 1.82) is 0 Å². The first-order chi connectivity index (χ1) is 17.5. The van der Waals surface area contributed by atoms with Crippen LogP contribution in [0.1, 0.15) is 10.4 Å². The number of carbonyl (C=O) groups is 2. The largest absolute Gasteiger partial charge is 0.436 e. The average Bonchev–Trinajstić information content (AvgIpc) is 3.33. The summed E-state index contributed by atoms with van der Waals surface area (Å²) in [6, 6.07) is 29.1. The van der Waals surface area contributed by atoms with E-state index >= 15 is 0 Å². The molecule has 0 aliphatic heterocycles. The van der Waals surface area contributed by atoms with Crippen molar-refractivity contribution in [3.05, 3.63) is 108 Å². The molecule has 0 aliphatic rings. The highest BCUT2D eigenvalue weighted by atomic mass is 35.5. The molecule has 36 heavy (non-hydrogen) atoms. The number of nitrogens with zero attached hydrogens (tertiary/aromatic N) is 1. The van der Waals surface area contributed by atoms with E-state index in [0.29, 0.717) is 27.9 Å². The molecule has 0 fully saturated rings. The molecule has 4 aromatic carbocycles. The second-order valence-electron chi connectivity index (χ2n) is 7.89. The number of rotatable bonds is 7. The molecule has 2 amide bonds. The number of nitrogens with one attached hydrogen (secondary N) is 2. The van der Waals surface area contributed by atoms with Crippen molar-refractivity contribution in [2.75, 3.05) is 16.4 Å². The van der Waals surface area contributed by atoms with E-state index in [9.17, 15) is 9.59 Å². The lowest BCUT2D eigenvalue weighted by molar-refractivity contribution is -0.113. The number of hydrogen-bond acceptors (Lipinski definition) is 5. The van der Waals surface area contributed by atoms with E-state index in [4.69, 9.17) is 16.0 Å². The molecule has 0 radical (unpaired) electrons. The van der Waals surface area contributed by atoms with Gasteiger partial charge in [0.2, 0.25) is 11.8 Å². The van der Waals surface area contributed by atoms with Crippen LogP contribution in [0, 0.1) is 0 Å². The number of para-hydroxylation sites is 2. The molecule has 2 N–H and O–H groups in total. The molecule has 0 atom stereocenters. The van der Waals surface area contributed by atoms with Crippen molar-refractivity contribution >= 4 is 57.7 Å². The molecule has 1 heterocycles. The Kier molecular flexibility index (Phi) is 7.02. The fraction of sp³-hybridized carbons (Fsp3) is 0.0357. The molecule has 5 aromatic rings. The average molecular weight is 514 g/mol. The van der Waals surface area contributed by atoms with Crippen LogP contribution in [0.5, 0.6) is 0 Å². The molecular weight excluding hydrogens is 494 g/mol. The number of aromatic nitrogens is 1. The van der Waals surface area contributed by atoms with Gasteiger partial charge in [-0.05, 0) is 78.9 Å². The highest BCUT2D eigenvalue weighted by Crippen LogP contribution is 2.26. The monoisotopic (exact) mass is 513 g/mol. The number of carbonyl (C=O) groups excluding carboxylic acids is 2. The Balaban J connectivity index is 1.12. The number of halogens is 1. The van der Waals surface area contributed by atoms with Gasteiger partial charge in [-0.2, -0.15) is 0 Å². The van der Waals surface area contributed by atoms with Crippen LogP contribution in [0.25, 0.3) is 22.6 Å². The first-order valence-corrected chi connectivity index (χ1v) is 12.5. The predicted octanol–water partition coefficient (Wildman–Crippen LogP) is 7.13. The van der Waals surface area contributed by atoms with Gasteiger partial charge in [-0.3, -0.25) is 9.59 Å². The standard InChI is InChI=1S/C28H20ClN3O3S/c29-20-5-3-4-19(16-20)27(34)31-22-12-14-23(15-13-22)36-17-26(33)30-21-10-8-18(9-11-21)28-32-24-6-1-2-7-25(24)35-28/h1-16H,17H2,(H,30,33)(H,31,34). The zero-order valence-electron chi connectivity index (χ0n) is 18.9. The number of anilines is 2. The smallest absolute Gasteiger partial charge is 0.255 e. The SMILES string of the molecule is O=C(CSc1ccc(NC(=O)c2cccc(Cl)c2)cc1)Nc1ccc(-c2nc3ccccc3o2)cc1. The summed E-state index contributed by atoms with van der Waals surface area (Å²) < 4.78 is 5.79. The fourth-order valence-electron chi connectivity index (χ4n) is 3.51. The van der Waals surface area contributed by atoms with Crippen LogP contribution in [0.2, 0.25) is 5.02 Å². The topological polar surface area (TPSA) is 84.2 Å². The second kappa shape index (κ2) is 10.7. The van der Waals surface area contributed by atoms with Crippen molar-refractivity contribution in [3.8, 4) is 11.5 Å². The molecular formula is C28H20ClN3O3S. The molecule has 0 saturated heterocycles. The first-order valence-electron chi connectivity index (χ1n) is 11.1. The van der Waals surface area contributed by atoms with E-state index in [1.165, 1.54) is 11.8 Å². The van der Waals surface area contributed by atoms with Gasteiger partial charge in [0.15, 0.2) is 5.58 Å². The van der Waals surface area contributed by atoms with Gasteiger partial charge in [-0.15, -0.1) is 11.8 Å². The highest BCUT2D eigenvalue weighted by molar-refractivity contribution is 8.00. The molecule has 178 valence electrons. The number of fused-ring (bicyclic) bond motifs is 1. The van der Waals surface area contributed by atoms with Crippen molar-refractivity contribution in [2.24, 2.45) is 0 Å². The van der Waals surface area contributed by atoms with Crippen LogP contribution in [0.3, 0.4) is 0 Å². The Morgan fingerprint density at radius 2 is 1.56 bits per heavy atom. The number of oxazole rings is 1. The second-order valence-corrected chi connectivity index (χ2v) is 9.37. The lowest BCUT2D eigenvalue weighted by atomic mass is 10.2. The summed E-state index contributed by atoms with van der Waals surface area (Å²) in [5.41, 5.74) is 4.21. The van der Waals surface area contributed by atoms with E-state index < -0.39 is 0 Å². The maximum atomic E-state index is 12.4. The fourth-order valence-corrected chi connectivity index (χ4v) is 4.39. The maximum absolute atomic E-state index is 12.4. The van der Waals surface area contributed by atoms with E-state index in [-0.39, 0.29) is 17.6 Å². The summed E-state index contributed by atoms with van der Waals surface area (Å²) >= 11 is 7.36. The van der Waals surface area contributed by atoms with Crippen LogP contribution >= 0.6 is 23.4 Å². The predicted molar refractivity (Wildman–Crippen MR) is 145 cm³/mol. The summed E-state index contributed by atoms with van der Waals surface area (Å²) in [5, 5.41) is 6.24. The zero-order chi connectivity index (χ0) is 24.9. The van der Waals surface area contributed by atoms with Gasteiger partial charge < -0.3 is 15.1 Å². The Bertz CT molecular complexity index is 1500. The van der Waals surface area contributed by atoms with E-state index in [1.54, 1.807) is 36.4 Å². The first kappa shape index (κ1) is 23.7. The summed E-state index contributed by atoms with van der Waals surface area (Å²) in [5.74, 6) is 0.436. The summed E-state index contributed by atoms with van der Waals surface area (Å²) in [7, 11) is 0. The molecule has 0 bridgehead atoms. The van der Waals surface area contributed by atoms with Crippen LogP contribution in [0.15, 0.2) is 106 Å². The van der Waals surface area contributed by atoms with Gasteiger partial charge in [-0.25, -0.2) is 4.98 Å². The molecule has 8 heteroatoms. The van der Waals surface area contributed by atoms with Crippen LogP contribution in [-0.4, -0.2) is 22.6 Å². The van der Waals surface area contributed by atoms with E-state index in [2.05, 4.69) is 15.6 Å². The maximum Gasteiger partial charge on any atom is 0.255 e. The Morgan fingerprint density at radius 3 is 2.31 bits per heavy atom. The van der Waals surface area contributed by atoms with Crippen molar-refractivity contribution in [2.45, 2.75) is 4.90 Å². The minimum absolute atomic E-state index is 0.118. The molecule has 0 unspecified atom stereocenters. The Hall–Kier alpha value is -4.07. The van der Waals surface area contributed by atoms with Crippen LogP contribution in [-0.2, 0) is 4.79 Å². The van der Waals surface area contributed by atoms with Crippen molar-refractivity contribution in [3.63, 3.8) is 0 Å². The van der Waals surface area contributed by atoms with Gasteiger partial charge in [0.25, 0.3) is 5.91 Å². The van der Waals surface area contributed by atoms with Gasteiger partial charge in [-0.1, -0.05) is 29.8 Å². The normalized spacial score (nSPS) is 10.8. The van der Waals surface area contributed by atoms with Gasteiger partial charge in [0, 0.05) is 32.4 Å². The minimum atomic E-state index is -0.237. The molecule has 0 saturated carbocycles. The van der Waals surface area contributed by atoms with Gasteiger partial charge in [0.1, 0.15) is 5.52 Å². The molecule has 1 aromatic heterocycles. The van der Waals surface area contributed by atoms with Crippen LogP contribution < -0.4 is 10.6 Å². The third-order valence-corrected chi connectivity index (χ3v) is 6.53. The van der Waals surface area contributed by atoms with Crippen LogP contribution in [0.4, 0.5) is 11.4 Å². The summed E-state index contributed by atoms with van der Waals surface area (Å²) in [4.78, 5) is 30.2. The molecule has 0 spiro atoms. The zero-order valence-corrected chi connectivity index (χ0v) is 20.5. The number of hydrogen-bond donors (Lipinski definition) is 2. The van der Waals surface area contributed by atoms with Crippen molar-refractivity contribution in [1.82, 2.24) is 4.98 Å². The molecule has 6 nitrogen and oxygen atoms in total. The lowest BCUT2D eigenvalue weighted by Gasteiger charge is -2.08. The van der Waals surface area contributed by atoms with Gasteiger partial charge in [0.05, 0.1) is 5.75 Å². The summed E-state index contributed by atoms with van der Waals surface area (Å²) in [6.45, 7) is 0. The minimum Gasteiger partial charge on any atom is -0.436 e. The summed E-state index contributed by atoms with van der Waals surface area (Å²) in [6.07, 6.45) is 0. The Morgan fingerprint density at radius 1 is 0.833 bits per heavy atom. The quantitative estimate of drug-likeness (QED) is 0.226. The number of thioether (sulfide) groups is 1. The lowest BCUT2D eigenvalue weighted by Crippen LogP contribution is -2.14. The number of benzene rings is 4. The van der Waals surface area contributed by atoms with Crippen molar-refractivity contribution < 1.29 is 14.0 Å². The Labute approximate surface area is 216 Å². The third kappa shape index (κ3) is 5.76. The van der Waals surface area contributed by atoms with E-state index in [1.807, 2.05) is 60.7 Å². The molecule has 5 rings (SSSR count).